The summed E-state index contributed by atoms with van der Waals surface area (Å²) in [5.41, 5.74) is 3.12. The van der Waals surface area contributed by atoms with Gasteiger partial charge >= 0.3 is 0 Å². The van der Waals surface area contributed by atoms with Crippen LogP contribution in [-0.2, 0) is 11.3 Å². The average molecular weight is 493 g/mol. The molecule has 27 heavy (non-hydrogen) atoms. The third kappa shape index (κ3) is 4.21. The van der Waals surface area contributed by atoms with Gasteiger partial charge in [0.2, 0.25) is 5.90 Å². The van der Waals surface area contributed by atoms with E-state index < -0.39 is 8.07 Å². The Hall–Kier alpha value is -1.80. The van der Waals surface area contributed by atoms with Gasteiger partial charge in [-0.2, -0.15) is 0 Å². The molecule has 2 aromatic rings. The van der Waals surface area contributed by atoms with E-state index in [-0.39, 0.29) is 0 Å². The molecule has 0 saturated heterocycles. The largest absolute Gasteiger partial charge is 0.493 e. The molecule has 0 amide bonds. The van der Waals surface area contributed by atoms with Crippen LogP contribution in [0.4, 0.5) is 0 Å². The molecule has 0 fully saturated rings. The number of fused-ring (bicyclic) bond motifs is 1. The maximum Gasteiger partial charge on any atom is 0.223 e. The third-order valence-corrected chi connectivity index (χ3v) is 11.2. The van der Waals surface area contributed by atoms with Crippen molar-refractivity contribution >= 4 is 42.3 Å². The van der Waals surface area contributed by atoms with Crippen LogP contribution in [0.5, 0.6) is 11.5 Å². The van der Waals surface area contributed by atoms with Crippen molar-refractivity contribution in [2.75, 3.05) is 14.2 Å². The van der Waals surface area contributed by atoms with Crippen LogP contribution in [0.1, 0.15) is 16.7 Å². The summed E-state index contributed by atoms with van der Waals surface area (Å²) in [5, 5.41) is 0. The summed E-state index contributed by atoms with van der Waals surface area (Å²) in [4.78, 5) is 4.76. The van der Waals surface area contributed by atoms with Crippen molar-refractivity contribution in [3.05, 3.63) is 62.4 Å². The van der Waals surface area contributed by atoms with Crippen LogP contribution in [0.25, 0.3) is 5.76 Å². The van der Waals surface area contributed by atoms with E-state index in [1.807, 2.05) is 30.3 Å². The average Bonchev–Trinajstić information content (AvgIpc) is 3.02. The van der Waals surface area contributed by atoms with Crippen molar-refractivity contribution in [3.8, 4) is 11.5 Å². The first-order valence-corrected chi connectivity index (χ1v) is 13.4. The fourth-order valence-electron chi connectivity index (χ4n) is 2.82. The quantitative estimate of drug-likeness (QED) is 0.399. The second-order valence-corrected chi connectivity index (χ2v) is 14.5. The van der Waals surface area contributed by atoms with Gasteiger partial charge in [-0.25, -0.2) is 4.99 Å². The van der Waals surface area contributed by atoms with Crippen LogP contribution < -0.4 is 9.47 Å². The van der Waals surface area contributed by atoms with Gasteiger partial charge in [0.25, 0.3) is 0 Å². The standard InChI is InChI=1S/C21H24INO3Si/c1-24-17-11-15-16(12-18(17)25-2)21(23-13-14-9-7-6-8-10-14)26-19(15)20(22)27(3,4)5/h6-12H,13H2,1-5H3/b20-19-,23-21?. The Bertz CT molecular complexity index is 902. The summed E-state index contributed by atoms with van der Waals surface area (Å²) in [6.45, 7) is 7.50. The number of aliphatic imine (C=N–C) groups is 1. The van der Waals surface area contributed by atoms with Gasteiger partial charge in [-0.3, -0.25) is 0 Å². The molecule has 0 aliphatic carbocycles. The van der Waals surface area contributed by atoms with E-state index in [1.54, 1.807) is 14.2 Å². The van der Waals surface area contributed by atoms with E-state index in [0.29, 0.717) is 23.9 Å². The van der Waals surface area contributed by atoms with Crippen LogP contribution in [0, 0.1) is 0 Å². The van der Waals surface area contributed by atoms with E-state index >= 15 is 0 Å². The first-order valence-electron chi connectivity index (χ1n) is 8.78. The summed E-state index contributed by atoms with van der Waals surface area (Å²) in [7, 11) is 1.75. The summed E-state index contributed by atoms with van der Waals surface area (Å²) in [6, 6.07) is 14.1. The van der Waals surface area contributed by atoms with E-state index in [2.05, 4.69) is 54.4 Å². The van der Waals surface area contributed by atoms with Crippen molar-refractivity contribution in [2.45, 2.75) is 26.2 Å². The van der Waals surface area contributed by atoms with Gasteiger partial charge < -0.3 is 14.2 Å². The van der Waals surface area contributed by atoms with Gasteiger partial charge in [-0.05, 0) is 17.7 Å². The van der Waals surface area contributed by atoms with Crippen LogP contribution in [0.3, 0.4) is 0 Å². The number of rotatable bonds is 5. The fraction of sp³-hybridized carbons (Fsp3) is 0.286. The highest BCUT2D eigenvalue weighted by Gasteiger charge is 2.33. The molecule has 0 bridgehead atoms. The van der Waals surface area contributed by atoms with E-state index in [0.717, 1.165) is 22.4 Å². The Morgan fingerprint density at radius 3 is 2.15 bits per heavy atom. The molecule has 0 saturated carbocycles. The molecule has 0 radical (unpaired) electrons. The van der Waals surface area contributed by atoms with Crippen LogP contribution >= 0.6 is 22.6 Å². The molecule has 2 aromatic carbocycles. The Balaban J connectivity index is 2.12. The molecule has 6 heteroatoms. The van der Waals surface area contributed by atoms with E-state index in [9.17, 15) is 0 Å². The zero-order valence-electron chi connectivity index (χ0n) is 16.3. The fourth-order valence-corrected chi connectivity index (χ4v) is 4.09. The first kappa shape index (κ1) is 19.9. The molecular weight excluding hydrogens is 469 g/mol. The normalized spacial score (nSPS) is 16.7. The molecule has 1 aliphatic rings. The molecule has 3 rings (SSSR count). The van der Waals surface area contributed by atoms with Crippen LogP contribution in [0.15, 0.2) is 50.7 Å². The lowest BCUT2D eigenvalue weighted by atomic mass is 10.1. The molecule has 0 aromatic heterocycles. The highest BCUT2D eigenvalue weighted by atomic mass is 127. The lowest BCUT2D eigenvalue weighted by Gasteiger charge is -2.17. The number of hydrogen-bond acceptors (Lipinski definition) is 4. The summed E-state index contributed by atoms with van der Waals surface area (Å²) >= 11 is 2.43. The number of nitrogens with zero attached hydrogens (tertiary/aromatic N) is 1. The third-order valence-electron chi connectivity index (χ3n) is 4.30. The van der Waals surface area contributed by atoms with Gasteiger partial charge in [-0.1, -0.05) is 72.6 Å². The molecule has 1 heterocycles. The van der Waals surface area contributed by atoms with Crippen LogP contribution in [0.2, 0.25) is 19.6 Å². The maximum atomic E-state index is 6.29. The predicted octanol–water partition coefficient (Wildman–Crippen LogP) is 5.66. The zero-order chi connectivity index (χ0) is 19.6. The minimum atomic E-state index is -1.55. The Morgan fingerprint density at radius 1 is 1.00 bits per heavy atom. The highest BCUT2D eigenvalue weighted by Crippen LogP contribution is 2.43. The minimum absolute atomic E-state index is 0.570. The molecular formula is C21H24INO3Si. The van der Waals surface area contributed by atoms with Gasteiger partial charge in [-0.15, -0.1) is 0 Å². The van der Waals surface area contributed by atoms with E-state index in [1.165, 1.54) is 3.20 Å². The molecule has 0 N–H and O–H groups in total. The molecule has 4 nitrogen and oxygen atoms in total. The lowest BCUT2D eigenvalue weighted by Crippen LogP contribution is -2.21. The smallest absolute Gasteiger partial charge is 0.223 e. The number of hydrogen-bond donors (Lipinski definition) is 0. The SMILES string of the molecule is COc1cc2c(cc1OC)/C(=C(\I)[Si](C)(C)C)OC2=NCc1ccccc1. The van der Waals surface area contributed by atoms with Gasteiger partial charge in [0.15, 0.2) is 11.5 Å². The van der Waals surface area contributed by atoms with Crippen molar-refractivity contribution in [2.24, 2.45) is 4.99 Å². The second-order valence-electron chi connectivity index (χ2n) is 7.35. The number of benzene rings is 2. The zero-order valence-corrected chi connectivity index (χ0v) is 19.5. The number of methoxy groups -OCH3 is 2. The second kappa shape index (κ2) is 8.06. The van der Waals surface area contributed by atoms with Crippen LogP contribution in [-0.4, -0.2) is 28.2 Å². The van der Waals surface area contributed by atoms with Gasteiger partial charge in [0.05, 0.1) is 34.4 Å². The predicted molar refractivity (Wildman–Crippen MR) is 122 cm³/mol. The maximum absolute atomic E-state index is 6.29. The van der Waals surface area contributed by atoms with Crippen molar-refractivity contribution in [1.82, 2.24) is 0 Å². The first-order chi connectivity index (χ1) is 12.8. The highest BCUT2D eigenvalue weighted by molar-refractivity contribution is 14.1. The Kier molecular flexibility index (Phi) is 5.95. The number of ether oxygens (including phenoxy) is 3. The monoisotopic (exact) mass is 493 g/mol. The Morgan fingerprint density at radius 2 is 1.59 bits per heavy atom. The molecule has 0 spiro atoms. The summed E-state index contributed by atoms with van der Waals surface area (Å²) < 4.78 is 18.6. The summed E-state index contributed by atoms with van der Waals surface area (Å²) in [5.74, 6) is 2.91. The van der Waals surface area contributed by atoms with E-state index in [4.69, 9.17) is 19.2 Å². The van der Waals surface area contributed by atoms with Crippen molar-refractivity contribution < 1.29 is 14.2 Å². The van der Waals surface area contributed by atoms with Crippen molar-refractivity contribution in [3.63, 3.8) is 0 Å². The molecule has 0 unspecified atom stereocenters. The summed E-state index contributed by atoms with van der Waals surface area (Å²) in [6.07, 6.45) is 0. The topological polar surface area (TPSA) is 40.0 Å². The number of halogens is 1. The molecule has 1 aliphatic heterocycles. The van der Waals surface area contributed by atoms with Gasteiger partial charge in [0, 0.05) is 8.77 Å². The molecule has 0 atom stereocenters. The Labute approximate surface area is 175 Å². The minimum Gasteiger partial charge on any atom is -0.493 e. The van der Waals surface area contributed by atoms with Gasteiger partial charge in [0.1, 0.15) is 5.76 Å². The lowest BCUT2D eigenvalue weighted by molar-refractivity contribution is 0.355. The van der Waals surface area contributed by atoms with Crippen molar-refractivity contribution in [1.29, 1.82) is 0 Å². The molecule has 142 valence electrons.